The van der Waals surface area contributed by atoms with Gasteiger partial charge in [-0.2, -0.15) is 13.2 Å². The predicted molar refractivity (Wildman–Crippen MR) is 141 cm³/mol. The van der Waals surface area contributed by atoms with Gasteiger partial charge in [0, 0.05) is 28.8 Å². The van der Waals surface area contributed by atoms with Crippen LogP contribution in [0.2, 0.25) is 5.02 Å². The van der Waals surface area contributed by atoms with E-state index in [9.17, 15) is 18.0 Å². The standard InChI is InChI=1S/C30H42ClF3O2/c1-8-9-10-11-14-27(2,3)20-16-23(31)26-21-15-19(24(35)18-28(4,5)30(32,33)34)12-13-22(21)29(6,7)36-25(26)17-20/h12,16-17,21-22H,8-11,13-15,18H2,1-7H3/t21-,22-/m1/s1. The highest BCUT2D eigenvalue weighted by molar-refractivity contribution is 6.31. The minimum Gasteiger partial charge on any atom is -0.487 e. The lowest BCUT2D eigenvalue weighted by atomic mass is 9.65. The van der Waals surface area contributed by atoms with Crippen molar-refractivity contribution in [3.05, 3.63) is 39.9 Å². The van der Waals surface area contributed by atoms with Crippen LogP contribution in [0, 0.1) is 11.3 Å². The number of hydrogen-bond acceptors (Lipinski definition) is 2. The SMILES string of the molecule is CCCCCCC(C)(C)c1cc(Cl)c2c(c1)OC(C)(C)[C@@H]1CC=C(C(=O)CC(C)(C)C(F)(F)F)C[C@@H]21. The number of unbranched alkanes of at least 4 members (excludes halogenated alkanes) is 3. The summed E-state index contributed by atoms with van der Waals surface area (Å²) in [6.07, 6.45) is 3.64. The van der Waals surface area contributed by atoms with Crippen LogP contribution < -0.4 is 4.74 Å². The van der Waals surface area contributed by atoms with Gasteiger partial charge in [-0.25, -0.2) is 0 Å². The van der Waals surface area contributed by atoms with Crippen molar-refractivity contribution in [2.75, 3.05) is 0 Å². The zero-order valence-corrected chi connectivity index (χ0v) is 23.6. The molecule has 0 N–H and O–H groups in total. The number of carbonyl (C=O) groups excluding carboxylic acids is 1. The normalized spacial score (nSPS) is 21.8. The Hall–Kier alpha value is -1.49. The number of fused-ring (bicyclic) bond motifs is 3. The maximum atomic E-state index is 13.4. The van der Waals surface area contributed by atoms with E-state index in [1.54, 1.807) is 0 Å². The van der Waals surface area contributed by atoms with E-state index >= 15 is 0 Å². The molecule has 0 amide bonds. The largest absolute Gasteiger partial charge is 0.487 e. The molecule has 0 radical (unpaired) electrons. The average molecular weight is 527 g/mol. The second-order valence-corrected chi connectivity index (χ2v) is 13.0. The summed E-state index contributed by atoms with van der Waals surface area (Å²) in [5.41, 5.74) is -0.112. The van der Waals surface area contributed by atoms with Crippen LogP contribution in [0.3, 0.4) is 0 Å². The van der Waals surface area contributed by atoms with Crippen LogP contribution >= 0.6 is 11.6 Å². The second-order valence-electron chi connectivity index (χ2n) is 12.6. The number of benzene rings is 1. The summed E-state index contributed by atoms with van der Waals surface area (Å²) in [4.78, 5) is 13.0. The highest BCUT2D eigenvalue weighted by Gasteiger charge is 2.50. The quantitative estimate of drug-likeness (QED) is 0.299. The van der Waals surface area contributed by atoms with E-state index in [1.165, 1.54) is 19.3 Å². The fourth-order valence-corrected chi connectivity index (χ4v) is 6.09. The third-order valence-corrected chi connectivity index (χ3v) is 8.75. The minimum absolute atomic E-state index is 0.0620. The van der Waals surface area contributed by atoms with Crippen molar-refractivity contribution in [3.8, 4) is 5.75 Å². The van der Waals surface area contributed by atoms with E-state index in [0.717, 1.165) is 43.6 Å². The average Bonchev–Trinajstić information content (AvgIpc) is 2.74. The number of hydrogen-bond donors (Lipinski definition) is 0. The van der Waals surface area contributed by atoms with Gasteiger partial charge in [-0.05, 0) is 61.8 Å². The van der Waals surface area contributed by atoms with Gasteiger partial charge in [0.1, 0.15) is 11.4 Å². The molecule has 2 aliphatic rings. The lowest BCUT2D eigenvalue weighted by Crippen LogP contribution is -2.46. The van der Waals surface area contributed by atoms with Crippen molar-refractivity contribution in [1.29, 1.82) is 0 Å². The third kappa shape index (κ3) is 5.97. The Kier molecular flexibility index (Phi) is 8.35. The number of rotatable bonds is 9. The summed E-state index contributed by atoms with van der Waals surface area (Å²) in [5, 5.41) is 0.624. The molecule has 2 atom stereocenters. The lowest BCUT2D eigenvalue weighted by molar-refractivity contribution is -0.213. The number of ether oxygens (including phenoxy) is 1. The molecule has 1 heterocycles. The van der Waals surface area contributed by atoms with Gasteiger partial charge in [0.05, 0.1) is 5.41 Å². The molecule has 1 aliphatic heterocycles. The molecule has 1 aliphatic carbocycles. The monoisotopic (exact) mass is 526 g/mol. The van der Waals surface area contributed by atoms with Crippen molar-refractivity contribution in [2.45, 2.75) is 123 Å². The maximum Gasteiger partial charge on any atom is 0.394 e. The molecule has 1 aromatic carbocycles. The van der Waals surface area contributed by atoms with Crippen molar-refractivity contribution in [1.82, 2.24) is 0 Å². The van der Waals surface area contributed by atoms with E-state index in [0.29, 0.717) is 23.4 Å². The van der Waals surface area contributed by atoms with Gasteiger partial charge in [0.25, 0.3) is 0 Å². The fraction of sp³-hybridized carbons (Fsp3) is 0.700. The summed E-state index contributed by atoms with van der Waals surface area (Å²) in [6.45, 7) is 13.0. The van der Waals surface area contributed by atoms with Crippen LogP contribution in [-0.2, 0) is 10.2 Å². The Morgan fingerprint density at radius 1 is 1.11 bits per heavy atom. The summed E-state index contributed by atoms with van der Waals surface area (Å²) >= 11 is 6.91. The number of halogens is 4. The fourth-order valence-electron chi connectivity index (χ4n) is 5.74. The molecule has 0 saturated heterocycles. The van der Waals surface area contributed by atoms with Crippen LogP contribution in [0.4, 0.5) is 13.2 Å². The Morgan fingerprint density at radius 3 is 2.39 bits per heavy atom. The summed E-state index contributed by atoms with van der Waals surface area (Å²) in [5.74, 6) is 0.329. The van der Waals surface area contributed by atoms with Gasteiger partial charge >= 0.3 is 6.18 Å². The Bertz CT molecular complexity index is 1000. The Morgan fingerprint density at radius 2 is 1.78 bits per heavy atom. The molecule has 0 spiro atoms. The molecule has 0 unspecified atom stereocenters. The summed E-state index contributed by atoms with van der Waals surface area (Å²) in [6, 6.07) is 4.14. The van der Waals surface area contributed by atoms with Crippen molar-refractivity contribution >= 4 is 17.4 Å². The third-order valence-electron chi connectivity index (χ3n) is 8.44. The smallest absolute Gasteiger partial charge is 0.394 e. The number of allylic oxidation sites excluding steroid dienone is 2. The lowest BCUT2D eigenvalue weighted by Gasteiger charge is -2.47. The van der Waals surface area contributed by atoms with Crippen LogP contribution in [0.15, 0.2) is 23.8 Å². The van der Waals surface area contributed by atoms with E-state index in [4.69, 9.17) is 16.3 Å². The Balaban J connectivity index is 1.90. The first-order chi connectivity index (χ1) is 16.5. The topological polar surface area (TPSA) is 26.3 Å². The summed E-state index contributed by atoms with van der Waals surface area (Å²) in [7, 11) is 0. The molecule has 1 aromatic rings. The van der Waals surface area contributed by atoms with Crippen LogP contribution in [-0.4, -0.2) is 17.6 Å². The van der Waals surface area contributed by atoms with Crippen molar-refractivity contribution in [2.24, 2.45) is 11.3 Å². The van der Waals surface area contributed by atoms with E-state index in [1.807, 2.05) is 12.1 Å². The molecule has 0 bridgehead atoms. The number of Topliss-reactive ketones (excluding diaryl/α,β-unsaturated/α-hetero) is 1. The highest BCUT2D eigenvalue weighted by Crippen LogP contribution is 2.55. The first-order valence-electron chi connectivity index (χ1n) is 13.3. The van der Waals surface area contributed by atoms with E-state index in [2.05, 4.69) is 40.7 Å². The first kappa shape index (κ1) is 29.1. The Labute approximate surface area is 220 Å². The van der Waals surface area contributed by atoms with E-state index in [-0.39, 0.29) is 17.3 Å². The zero-order valence-electron chi connectivity index (χ0n) is 22.9. The van der Waals surface area contributed by atoms with Gasteiger partial charge < -0.3 is 4.74 Å². The van der Waals surface area contributed by atoms with Crippen molar-refractivity contribution in [3.63, 3.8) is 0 Å². The van der Waals surface area contributed by atoms with Gasteiger partial charge in [-0.3, -0.25) is 4.79 Å². The van der Waals surface area contributed by atoms with Crippen LogP contribution in [0.5, 0.6) is 5.75 Å². The van der Waals surface area contributed by atoms with Crippen molar-refractivity contribution < 1.29 is 22.7 Å². The van der Waals surface area contributed by atoms with Gasteiger partial charge in [0.15, 0.2) is 5.78 Å². The van der Waals surface area contributed by atoms with Gasteiger partial charge in [0.2, 0.25) is 0 Å². The molecule has 0 aromatic heterocycles. The number of ketones is 1. The minimum atomic E-state index is -4.43. The van der Waals surface area contributed by atoms with E-state index < -0.39 is 29.4 Å². The summed E-state index contributed by atoms with van der Waals surface area (Å²) < 4.78 is 46.8. The van der Waals surface area contributed by atoms with Crippen LogP contribution in [0.1, 0.15) is 117 Å². The predicted octanol–water partition coefficient (Wildman–Crippen LogP) is 9.73. The molecule has 0 saturated carbocycles. The second kappa shape index (κ2) is 10.3. The van der Waals surface area contributed by atoms with Gasteiger partial charge in [-0.15, -0.1) is 0 Å². The first-order valence-corrected chi connectivity index (χ1v) is 13.7. The highest BCUT2D eigenvalue weighted by atomic mass is 35.5. The molecule has 3 rings (SSSR count). The molecular formula is C30H42ClF3O2. The van der Waals surface area contributed by atoms with Gasteiger partial charge in [-0.1, -0.05) is 78.0 Å². The molecule has 202 valence electrons. The molecule has 36 heavy (non-hydrogen) atoms. The molecular weight excluding hydrogens is 485 g/mol. The molecule has 0 fully saturated rings. The molecule has 6 heteroatoms. The maximum absolute atomic E-state index is 13.4. The number of carbonyl (C=O) groups is 1. The number of alkyl halides is 3. The molecule has 2 nitrogen and oxygen atoms in total. The zero-order chi connectivity index (χ0) is 27.1. The van der Waals surface area contributed by atoms with Crippen LogP contribution in [0.25, 0.3) is 0 Å².